The Hall–Kier alpha value is -0.770. The summed E-state index contributed by atoms with van der Waals surface area (Å²) < 4.78 is 27.0. The van der Waals surface area contributed by atoms with E-state index in [9.17, 15) is 8.42 Å². The number of nitrogens with zero attached hydrogens (tertiary/aromatic N) is 3. The third kappa shape index (κ3) is 2.73. The molecule has 7 nitrogen and oxygen atoms in total. The zero-order valence-corrected chi connectivity index (χ0v) is 12.1. The molecule has 2 saturated heterocycles. The monoisotopic (exact) mass is 303 g/mol. The third-order valence-corrected chi connectivity index (χ3v) is 6.43. The fourth-order valence-corrected chi connectivity index (χ4v) is 5.01. The predicted molar refractivity (Wildman–Crippen MR) is 72.3 cm³/mol. The van der Waals surface area contributed by atoms with Crippen LogP contribution in [0.25, 0.3) is 0 Å². The number of fused-ring (bicyclic) bond motifs is 1. The lowest BCUT2D eigenvalue weighted by molar-refractivity contribution is 0.176. The molecule has 1 aromatic rings. The number of nitrogens with two attached hydrogens (primary N) is 1. The summed E-state index contributed by atoms with van der Waals surface area (Å²) >= 11 is 0.897. The van der Waals surface area contributed by atoms with Gasteiger partial charge in [-0.3, -0.25) is 0 Å². The van der Waals surface area contributed by atoms with Gasteiger partial charge in [-0.1, -0.05) is 11.3 Å². The topological polar surface area (TPSA) is 101 Å². The van der Waals surface area contributed by atoms with Crippen molar-refractivity contribution in [2.24, 2.45) is 0 Å². The Kier molecular flexibility index (Phi) is 3.46. The molecule has 0 saturated carbocycles. The minimum atomic E-state index is -3.57. The van der Waals surface area contributed by atoms with Gasteiger partial charge in [0.2, 0.25) is 9.47 Å². The van der Waals surface area contributed by atoms with E-state index in [0.717, 1.165) is 37.3 Å². The van der Waals surface area contributed by atoms with Crippen LogP contribution in [0.4, 0.5) is 5.13 Å². The fraction of sp³-hybridized carbons (Fsp3) is 0.800. The number of hydrogen-bond acceptors (Lipinski definition) is 7. The number of aromatic nitrogens is 2. The zero-order chi connectivity index (χ0) is 13.5. The second kappa shape index (κ2) is 4.97. The molecule has 9 heteroatoms. The maximum atomic E-state index is 12.1. The average Bonchev–Trinajstić information content (AvgIpc) is 2.96. The molecule has 2 atom stereocenters. The van der Waals surface area contributed by atoms with E-state index in [0.29, 0.717) is 6.04 Å². The molecule has 1 aromatic heterocycles. The maximum absolute atomic E-state index is 12.1. The second-order valence-electron chi connectivity index (χ2n) is 5.08. The summed E-state index contributed by atoms with van der Waals surface area (Å²) in [5.41, 5.74) is 5.42. The number of nitrogens with one attached hydrogen (secondary N) is 1. The summed E-state index contributed by atoms with van der Waals surface area (Å²) in [7, 11) is -3.57. The number of hydrogen-bond donors (Lipinski definition) is 2. The third-order valence-electron chi connectivity index (χ3n) is 3.79. The van der Waals surface area contributed by atoms with Gasteiger partial charge in [0.05, 0.1) is 0 Å². The van der Waals surface area contributed by atoms with Crippen molar-refractivity contribution in [2.75, 3.05) is 18.8 Å². The molecule has 106 valence electrons. The van der Waals surface area contributed by atoms with Gasteiger partial charge in [-0.25, -0.2) is 13.1 Å². The van der Waals surface area contributed by atoms with E-state index in [4.69, 9.17) is 5.73 Å². The molecule has 0 aliphatic carbocycles. The molecule has 0 spiro atoms. The molecule has 2 aliphatic rings. The van der Waals surface area contributed by atoms with Crippen LogP contribution in [0, 0.1) is 0 Å². The van der Waals surface area contributed by atoms with Crippen LogP contribution in [0.1, 0.15) is 25.7 Å². The predicted octanol–water partition coefficient (Wildman–Crippen LogP) is 0.0254. The van der Waals surface area contributed by atoms with E-state index in [-0.39, 0.29) is 15.5 Å². The van der Waals surface area contributed by atoms with Crippen molar-refractivity contribution in [2.45, 2.75) is 42.1 Å². The van der Waals surface area contributed by atoms with Crippen molar-refractivity contribution in [3.63, 3.8) is 0 Å². The van der Waals surface area contributed by atoms with Crippen molar-refractivity contribution >= 4 is 26.5 Å². The number of anilines is 1. The van der Waals surface area contributed by atoms with Crippen LogP contribution < -0.4 is 10.5 Å². The van der Waals surface area contributed by atoms with Gasteiger partial charge in [0.1, 0.15) is 0 Å². The van der Waals surface area contributed by atoms with Gasteiger partial charge in [-0.15, -0.1) is 10.2 Å². The number of rotatable bonds is 3. The summed E-state index contributed by atoms with van der Waals surface area (Å²) in [4.78, 5) is 2.45. The van der Waals surface area contributed by atoms with Crippen LogP contribution in [0.2, 0.25) is 0 Å². The lowest BCUT2D eigenvalue weighted by Crippen LogP contribution is -2.47. The summed E-state index contributed by atoms with van der Waals surface area (Å²) in [6, 6.07) is 0.524. The quantitative estimate of drug-likeness (QED) is 0.816. The van der Waals surface area contributed by atoms with Crippen LogP contribution in [0.3, 0.4) is 0 Å². The van der Waals surface area contributed by atoms with Gasteiger partial charge < -0.3 is 10.6 Å². The van der Waals surface area contributed by atoms with Gasteiger partial charge in [0, 0.05) is 12.1 Å². The van der Waals surface area contributed by atoms with Crippen LogP contribution in [0.15, 0.2) is 4.34 Å². The summed E-state index contributed by atoms with van der Waals surface area (Å²) in [5.74, 6) is 0. The molecule has 2 aliphatic heterocycles. The molecule has 0 radical (unpaired) electrons. The molecule has 0 amide bonds. The highest BCUT2D eigenvalue weighted by molar-refractivity contribution is 7.91. The lowest BCUT2D eigenvalue weighted by atomic mass is 9.99. The Morgan fingerprint density at radius 2 is 2.16 bits per heavy atom. The smallest absolute Gasteiger partial charge is 0.270 e. The van der Waals surface area contributed by atoms with Crippen LogP contribution in [-0.4, -0.2) is 48.7 Å². The first-order valence-electron chi connectivity index (χ1n) is 6.40. The Balaban J connectivity index is 1.68. The van der Waals surface area contributed by atoms with E-state index in [1.165, 1.54) is 12.8 Å². The van der Waals surface area contributed by atoms with Gasteiger partial charge in [0.15, 0.2) is 0 Å². The van der Waals surface area contributed by atoms with Crippen molar-refractivity contribution in [1.82, 2.24) is 19.8 Å². The minimum absolute atomic E-state index is 0.00512. The normalized spacial score (nSPS) is 28.4. The Morgan fingerprint density at radius 3 is 2.89 bits per heavy atom. The fourth-order valence-electron chi connectivity index (χ4n) is 2.93. The number of piperidine rings is 1. The van der Waals surface area contributed by atoms with E-state index < -0.39 is 10.0 Å². The minimum Gasteiger partial charge on any atom is -0.374 e. The highest BCUT2D eigenvalue weighted by Gasteiger charge is 2.34. The van der Waals surface area contributed by atoms with Crippen molar-refractivity contribution in [3.05, 3.63) is 0 Å². The van der Waals surface area contributed by atoms with Crippen molar-refractivity contribution in [3.8, 4) is 0 Å². The Morgan fingerprint density at radius 1 is 1.32 bits per heavy atom. The summed E-state index contributed by atoms with van der Waals surface area (Å²) in [6.07, 6.45) is 4.12. The first-order chi connectivity index (χ1) is 9.04. The SMILES string of the molecule is Nc1nnc(S(=O)(=O)NC2CCN3CCCC3C2)s1. The first kappa shape index (κ1) is 13.2. The van der Waals surface area contributed by atoms with E-state index in [1.54, 1.807) is 0 Å². The van der Waals surface area contributed by atoms with E-state index in [2.05, 4.69) is 19.8 Å². The molecule has 19 heavy (non-hydrogen) atoms. The van der Waals surface area contributed by atoms with E-state index >= 15 is 0 Å². The van der Waals surface area contributed by atoms with Crippen molar-refractivity contribution < 1.29 is 8.42 Å². The lowest BCUT2D eigenvalue weighted by Gasteiger charge is -2.34. The Labute approximate surface area is 116 Å². The molecule has 2 unspecified atom stereocenters. The van der Waals surface area contributed by atoms with Crippen LogP contribution in [-0.2, 0) is 10.0 Å². The molecule has 0 bridgehead atoms. The highest BCUT2D eigenvalue weighted by Crippen LogP contribution is 2.28. The van der Waals surface area contributed by atoms with Gasteiger partial charge in [-0.2, -0.15) is 0 Å². The number of sulfonamides is 1. The average molecular weight is 303 g/mol. The molecular weight excluding hydrogens is 286 g/mol. The van der Waals surface area contributed by atoms with E-state index in [1.807, 2.05) is 0 Å². The Bertz CT molecular complexity index is 558. The van der Waals surface area contributed by atoms with Crippen molar-refractivity contribution in [1.29, 1.82) is 0 Å². The van der Waals surface area contributed by atoms with Crippen LogP contribution in [0.5, 0.6) is 0 Å². The first-order valence-corrected chi connectivity index (χ1v) is 8.70. The van der Waals surface area contributed by atoms with Gasteiger partial charge >= 0.3 is 0 Å². The molecule has 2 fully saturated rings. The second-order valence-corrected chi connectivity index (χ2v) is 7.98. The molecular formula is C10H17N5O2S2. The molecule has 3 N–H and O–H groups in total. The van der Waals surface area contributed by atoms with Gasteiger partial charge in [-0.05, 0) is 38.8 Å². The summed E-state index contributed by atoms with van der Waals surface area (Å²) in [5, 5.41) is 7.32. The van der Waals surface area contributed by atoms with Gasteiger partial charge in [0.25, 0.3) is 10.0 Å². The molecule has 3 heterocycles. The zero-order valence-electron chi connectivity index (χ0n) is 10.4. The maximum Gasteiger partial charge on any atom is 0.270 e. The molecule has 3 rings (SSSR count). The standard InChI is InChI=1S/C10H17N5O2S2/c11-9-12-13-10(18-9)19(16,17)14-7-3-5-15-4-1-2-8(15)6-7/h7-8,14H,1-6H2,(H2,11,12). The number of nitrogen functional groups attached to an aromatic ring is 1. The summed E-state index contributed by atoms with van der Waals surface area (Å²) in [6.45, 7) is 2.12. The molecule has 0 aromatic carbocycles. The highest BCUT2D eigenvalue weighted by atomic mass is 32.2. The van der Waals surface area contributed by atoms with Crippen LogP contribution >= 0.6 is 11.3 Å². The largest absolute Gasteiger partial charge is 0.374 e.